The van der Waals surface area contributed by atoms with E-state index in [0.29, 0.717) is 21.3 Å². The smallest absolute Gasteiger partial charge is 0.137 e. The second kappa shape index (κ2) is 5.67. The van der Waals surface area contributed by atoms with Gasteiger partial charge in [0.25, 0.3) is 0 Å². The van der Waals surface area contributed by atoms with Gasteiger partial charge in [0.05, 0.1) is 17.6 Å². The highest BCUT2D eigenvalue weighted by molar-refractivity contribution is 9.10. The monoisotopic (exact) mass is 327 g/mol. The Hall–Kier alpha value is -1.46. The van der Waals surface area contributed by atoms with Crippen LogP contribution in [0.15, 0.2) is 40.9 Å². The molecule has 0 saturated heterocycles. The Morgan fingerprint density at radius 3 is 2.42 bits per heavy atom. The highest BCUT2D eigenvalue weighted by atomic mass is 79.9. The number of hydrogen-bond acceptors (Lipinski definition) is 2. The minimum absolute atomic E-state index is 0.294. The van der Waals surface area contributed by atoms with E-state index in [2.05, 4.69) is 15.9 Å². The first-order valence-corrected chi connectivity index (χ1v) is 6.36. The molecule has 2 aromatic carbocycles. The number of nitrogens with two attached hydrogens (primary N) is 1. The predicted molar refractivity (Wildman–Crippen MR) is 73.1 cm³/mol. The van der Waals surface area contributed by atoms with Crippen LogP contribution < -0.4 is 10.5 Å². The van der Waals surface area contributed by atoms with E-state index < -0.39 is 17.7 Å². The molecule has 0 radical (unpaired) electrons. The third-order valence-electron chi connectivity index (χ3n) is 2.85. The normalized spacial score (nSPS) is 12.3. The summed E-state index contributed by atoms with van der Waals surface area (Å²) in [6.07, 6.45) is 0. The summed E-state index contributed by atoms with van der Waals surface area (Å²) in [5.41, 5.74) is 6.76. The van der Waals surface area contributed by atoms with Crippen LogP contribution in [-0.4, -0.2) is 7.11 Å². The molecule has 0 saturated carbocycles. The third-order valence-corrected chi connectivity index (χ3v) is 3.49. The molecule has 0 bridgehead atoms. The molecule has 0 aliphatic carbocycles. The second-order valence-corrected chi connectivity index (χ2v) is 4.89. The summed E-state index contributed by atoms with van der Waals surface area (Å²) < 4.78 is 32.6. The van der Waals surface area contributed by atoms with Crippen LogP contribution in [0.4, 0.5) is 8.78 Å². The van der Waals surface area contributed by atoms with Crippen molar-refractivity contribution in [2.75, 3.05) is 7.11 Å². The molecule has 2 aromatic rings. The zero-order valence-corrected chi connectivity index (χ0v) is 11.7. The van der Waals surface area contributed by atoms with Gasteiger partial charge in [0.15, 0.2) is 0 Å². The van der Waals surface area contributed by atoms with Crippen LogP contribution in [0.1, 0.15) is 17.2 Å². The molecule has 0 aliphatic rings. The summed E-state index contributed by atoms with van der Waals surface area (Å²) in [5, 5.41) is 0. The van der Waals surface area contributed by atoms with Gasteiger partial charge in [-0.15, -0.1) is 0 Å². The molecule has 1 unspecified atom stereocenters. The van der Waals surface area contributed by atoms with Gasteiger partial charge in [0.2, 0.25) is 0 Å². The van der Waals surface area contributed by atoms with Crippen LogP contribution in [0, 0.1) is 11.6 Å². The minimum atomic E-state index is -0.728. The summed E-state index contributed by atoms with van der Waals surface area (Å²) in [5.74, 6) is -0.493. The Morgan fingerprint density at radius 2 is 1.84 bits per heavy atom. The number of rotatable bonds is 3. The number of halogens is 3. The molecule has 0 heterocycles. The number of ether oxygens (including phenoxy) is 1. The van der Waals surface area contributed by atoms with Gasteiger partial charge in [-0.25, -0.2) is 8.78 Å². The summed E-state index contributed by atoms with van der Waals surface area (Å²) in [4.78, 5) is 0. The average Bonchev–Trinajstić information content (AvgIpc) is 2.41. The van der Waals surface area contributed by atoms with Crippen molar-refractivity contribution in [3.05, 3.63) is 63.6 Å². The molecule has 2 rings (SSSR count). The van der Waals surface area contributed by atoms with Crippen LogP contribution in [0.5, 0.6) is 5.75 Å². The molecule has 5 heteroatoms. The van der Waals surface area contributed by atoms with Crippen molar-refractivity contribution in [3.63, 3.8) is 0 Å². The van der Waals surface area contributed by atoms with E-state index in [9.17, 15) is 8.78 Å². The Morgan fingerprint density at radius 1 is 1.11 bits per heavy atom. The maximum absolute atomic E-state index is 13.9. The summed E-state index contributed by atoms with van der Waals surface area (Å²) >= 11 is 3.06. The van der Waals surface area contributed by atoms with E-state index in [1.54, 1.807) is 24.3 Å². The van der Waals surface area contributed by atoms with Gasteiger partial charge in [-0.2, -0.15) is 0 Å². The minimum Gasteiger partial charge on any atom is -0.497 e. The first-order valence-electron chi connectivity index (χ1n) is 5.57. The molecule has 1 atom stereocenters. The van der Waals surface area contributed by atoms with E-state index in [0.717, 1.165) is 0 Å². The standard InChI is InChI=1S/C14H12BrF2NO/c1-19-9-3-4-10(12(16)7-9)14(18)8-2-5-11(15)13(17)6-8/h2-7,14H,18H2,1H3. The van der Waals surface area contributed by atoms with Crippen molar-refractivity contribution in [1.29, 1.82) is 0 Å². The van der Waals surface area contributed by atoms with Crippen molar-refractivity contribution in [2.24, 2.45) is 5.73 Å². The van der Waals surface area contributed by atoms with E-state index >= 15 is 0 Å². The largest absolute Gasteiger partial charge is 0.497 e. The van der Waals surface area contributed by atoms with Gasteiger partial charge in [-0.3, -0.25) is 0 Å². The number of benzene rings is 2. The molecule has 0 fully saturated rings. The SMILES string of the molecule is COc1ccc(C(N)c2ccc(Br)c(F)c2)c(F)c1. The lowest BCUT2D eigenvalue weighted by Crippen LogP contribution is -2.14. The van der Waals surface area contributed by atoms with Gasteiger partial charge >= 0.3 is 0 Å². The average molecular weight is 328 g/mol. The van der Waals surface area contributed by atoms with Crippen LogP contribution in [0.3, 0.4) is 0 Å². The molecule has 19 heavy (non-hydrogen) atoms. The zero-order valence-electron chi connectivity index (χ0n) is 10.2. The lowest BCUT2D eigenvalue weighted by molar-refractivity contribution is 0.410. The molecule has 2 nitrogen and oxygen atoms in total. The Bertz CT molecular complexity index is 604. The van der Waals surface area contributed by atoms with Gasteiger partial charge in [0, 0.05) is 11.6 Å². The van der Waals surface area contributed by atoms with Crippen molar-refractivity contribution in [2.45, 2.75) is 6.04 Å². The van der Waals surface area contributed by atoms with Crippen molar-refractivity contribution in [1.82, 2.24) is 0 Å². The topological polar surface area (TPSA) is 35.2 Å². The Kier molecular flexibility index (Phi) is 4.17. The van der Waals surface area contributed by atoms with E-state index in [1.807, 2.05) is 0 Å². The molecule has 0 aromatic heterocycles. The van der Waals surface area contributed by atoms with Crippen LogP contribution in [0.2, 0.25) is 0 Å². The van der Waals surface area contributed by atoms with Crippen molar-refractivity contribution in [3.8, 4) is 5.75 Å². The van der Waals surface area contributed by atoms with Crippen LogP contribution >= 0.6 is 15.9 Å². The van der Waals surface area contributed by atoms with Crippen LogP contribution in [0.25, 0.3) is 0 Å². The maximum Gasteiger partial charge on any atom is 0.137 e. The maximum atomic E-state index is 13.9. The lowest BCUT2D eigenvalue weighted by Gasteiger charge is -2.14. The Balaban J connectivity index is 2.38. The predicted octanol–water partition coefficient (Wildman–Crippen LogP) is 3.78. The fourth-order valence-electron chi connectivity index (χ4n) is 1.77. The van der Waals surface area contributed by atoms with E-state index in [-0.39, 0.29) is 0 Å². The van der Waals surface area contributed by atoms with Gasteiger partial charge in [0.1, 0.15) is 17.4 Å². The van der Waals surface area contributed by atoms with Crippen LogP contribution in [-0.2, 0) is 0 Å². The number of methoxy groups -OCH3 is 1. The molecule has 0 aliphatic heterocycles. The zero-order chi connectivity index (χ0) is 14.0. The van der Waals surface area contributed by atoms with Crippen molar-refractivity contribution < 1.29 is 13.5 Å². The van der Waals surface area contributed by atoms with E-state index in [4.69, 9.17) is 10.5 Å². The van der Waals surface area contributed by atoms with Gasteiger partial charge in [-0.1, -0.05) is 12.1 Å². The molecular weight excluding hydrogens is 316 g/mol. The first kappa shape index (κ1) is 14.0. The van der Waals surface area contributed by atoms with Gasteiger partial charge < -0.3 is 10.5 Å². The Labute approximate surface area is 118 Å². The first-order chi connectivity index (χ1) is 9.02. The lowest BCUT2D eigenvalue weighted by atomic mass is 9.99. The second-order valence-electron chi connectivity index (χ2n) is 4.04. The molecular formula is C14H12BrF2NO. The quantitative estimate of drug-likeness (QED) is 0.931. The summed E-state index contributed by atoms with van der Waals surface area (Å²) in [6.45, 7) is 0. The van der Waals surface area contributed by atoms with E-state index in [1.165, 1.54) is 19.2 Å². The van der Waals surface area contributed by atoms with Gasteiger partial charge in [-0.05, 0) is 39.7 Å². The fraction of sp³-hybridized carbons (Fsp3) is 0.143. The summed E-state index contributed by atoms with van der Waals surface area (Å²) in [7, 11) is 1.46. The highest BCUT2D eigenvalue weighted by Gasteiger charge is 2.15. The van der Waals surface area contributed by atoms with Crippen molar-refractivity contribution >= 4 is 15.9 Å². The molecule has 0 amide bonds. The highest BCUT2D eigenvalue weighted by Crippen LogP contribution is 2.27. The molecule has 100 valence electrons. The number of hydrogen-bond donors (Lipinski definition) is 1. The fourth-order valence-corrected chi connectivity index (χ4v) is 2.02. The summed E-state index contributed by atoms with van der Waals surface area (Å²) in [6, 6.07) is 8.18. The molecule has 0 spiro atoms. The third kappa shape index (κ3) is 2.93. The molecule has 2 N–H and O–H groups in total.